The lowest BCUT2D eigenvalue weighted by Gasteiger charge is -2.18. The Labute approximate surface area is 195 Å². The first-order chi connectivity index (χ1) is 16.4. The number of nitrogens with zero attached hydrogens (tertiary/aromatic N) is 4. The zero-order chi connectivity index (χ0) is 23.8. The number of ether oxygens (including phenoxy) is 1. The van der Waals surface area contributed by atoms with Gasteiger partial charge in [0.2, 0.25) is 5.91 Å². The van der Waals surface area contributed by atoms with Crippen molar-refractivity contribution in [1.82, 2.24) is 14.4 Å². The van der Waals surface area contributed by atoms with Gasteiger partial charge in [-0.1, -0.05) is 0 Å². The summed E-state index contributed by atoms with van der Waals surface area (Å²) in [7, 11) is 2.99. The van der Waals surface area contributed by atoms with E-state index in [2.05, 4.69) is 15.3 Å². The Balaban J connectivity index is 1.41. The average Bonchev–Trinajstić information content (AvgIpc) is 3.63. The number of hydrogen-bond donors (Lipinski definition) is 1. The van der Waals surface area contributed by atoms with Crippen LogP contribution in [0.2, 0.25) is 0 Å². The van der Waals surface area contributed by atoms with Gasteiger partial charge >= 0.3 is 0 Å². The first kappa shape index (κ1) is 21.6. The Bertz CT molecular complexity index is 1400. The maximum atomic E-state index is 13.8. The molecule has 8 nitrogen and oxygen atoms in total. The molecule has 9 heteroatoms. The van der Waals surface area contributed by atoms with Crippen molar-refractivity contribution >= 4 is 29.0 Å². The van der Waals surface area contributed by atoms with Crippen molar-refractivity contribution in [2.45, 2.75) is 12.8 Å². The van der Waals surface area contributed by atoms with Gasteiger partial charge in [0.15, 0.2) is 11.6 Å². The van der Waals surface area contributed by atoms with Gasteiger partial charge in [-0.25, -0.2) is 14.4 Å². The number of hydrogen-bond acceptors (Lipinski definition) is 5. The number of fused-ring (bicyclic) bond motifs is 1. The van der Waals surface area contributed by atoms with Gasteiger partial charge in [0.25, 0.3) is 5.91 Å². The molecule has 1 fully saturated rings. The second kappa shape index (κ2) is 8.58. The van der Waals surface area contributed by atoms with Gasteiger partial charge in [-0.15, -0.1) is 0 Å². The maximum Gasteiger partial charge on any atom is 0.259 e. The van der Waals surface area contributed by atoms with E-state index >= 15 is 0 Å². The Morgan fingerprint density at radius 2 is 1.94 bits per heavy atom. The number of halogens is 1. The van der Waals surface area contributed by atoms with E-state index in [0.717, 1.165) is 24.1 Å². The van der Waals surface area contributed by atoms with Crippen molar-refractivity contribution in [2.75, 3.05) is 24.4 Å². The SMILES string of the molecule is COc1cc(N(C)C(=O)c2ccc3ncc(-c4ccc(NC(=O)C5CC5)nc4)n3c2)ccc1F. The summed E-state index contributed by atoms with van der Waals surface area (Å²) >= 11 is 0. The van der Waals surface area contributed by atoms with E-state index in [0.29, 0.717) is 22.7 Å². The van der Waals surface area contributed by atoms with E-state index in [1.807, 2.05) is 10.5 Å². The van der Waals surface area contributed by atoms with E-state index in [4.69, 9.17) is 4.74 Å². The molecule has 1 aromatic carbocycles. The molecule has 0 spiro atoms. The molecule has 1 saturated carbocycles. The number of anilines is 2. The molecular formula is C25H22FN5O3. The highest BCUT2D eigenvalue weighted by atomic mass is 19.1. The van der Waals surface area contributed by atoms with E-state index in [9.17, 15) is 14.0 Å². The summed E-state index contributed by atoms with van der Waals surface area (Å²) in [6, 6.07) is 11.3. The molecule has 0 unspecified atom stereocenters. The molecular weight excluding hydrogens is 437 g/mol. The summed E-state index contributed by atoms with van der Waals surface area (Å²) < 4.78 is 20.6. The Morgan fingerprint density at radius 1 is 1.12 bits per heavy atom. The standard InChI is InChI=1S/C25H22FN5O3/c1-30(18-7-8-19(26)21(11-18)34-2)25(33)17-6-10-23-28-13-20(31(23)14-17)16-5-9-22(27-12-16)29-24(32)15-3-4-15/h5-15H,3-4H2,1-2H3,(H,27,29,32). The molecule has 2 amide bonds. The van der Waals surface area contributed by atoms with Crippen LogP contribution in [0.15, 0.2) is 61.1 Å². The molecule has 0 aliphatic heterocycles. The zero-order valence-corrected chi connectivity index (χ0v) is 18.7. The first-order valence-electron chi connectivity index (χ1n) is 10.8. The summed E-state index contributed by atoms with van der Waals surface area (Å²) in [5.41, 5.74) is 3.14. The van der Waals surface area contributed by atoms with Gasteiger partial charge in [-0.2, -0.15) is 0 Å². The van der Waals surface area contributed by atoms with Crippen LogP contribution in [0.25, 0.3) is 16.9 Å². The topological polar surface area (TPSA) is 88.8 Å². The molecule has 34 heavy (non-hydrogen) atoms. The van der Waals surface area contributed by atoms with Crippen molar-refractivity contribution in [3.05, 3.63) is 72.4 Å². The largest absolute Gasteiger partial charge is 0.494 e. The van der Waals surface area contributed by atoms with Gasteiger partial charge in [-0.3, -0.25) is 14.0 Å². The number of carbonyl (C=O) groups excluding carboxylic acids is 2. The molecule has 172 valence electrons. The monoisotopic (exact) mass is 459 g/mol. The van der Waals surface area contributed by atoms with Gasteiger partial charge in [0.05, 0.1) is 24.6 Å². The molecule has 1 N–H and O–H groups in total. The van der Waals surface area contributed by atoms with Crippen molar-refractivity contribution in [3.8, 4) is 17.0 Å². The van der Waals surface area contributed by atoms with Crippen molar-refractivity contribution in [3.63, 3.8) is 0 Å². The lowest BCUT2D eigenvalue weighted by atomic mass is 10.2. The van der Waals surface area contributed by atoms with Crippen molar-refractivity contribution in [2.24, 2.45) is 5.92 Å². The van der Waals surface area contributed by atoms with Crippen LogP contribution >= 0.6 is 0 Å². The number of pyridine rings is 2. The number of imidazole rings is 1. The fourth-order valence-electron chi connectivity index (χ4n) is 3.68. The predicted molar refractivity (Wildman–Crippen MR) is 125 cm³/mol. The van der Waals surface area contributed by atoms with Crippen LogP contribution < -0.4 is 15.0 Å². The number of methoxy groups -OCH3 is 1. The molecule has 3 aromatic heterocycles. The van der Waals surface area contributed by atoms with Gasteiger partial charge in [0, 0.05) is 42.7 Å². The average molecular weight is 459 g/mol. The highest BCUT2D eigenvalue weighted by molar-refractivity contribution is 6.05. The van der Waals surface area contributed by atoms with Crippen LogP contribution in [0, 0.1) is 11.7 Å². The quantitative estimate of drug-likeness (QED) is 0.468. The lowest BCUT2D eigenvalue weighted by Crippen LogP contribution is -2.26. The number of benzene rings is 1. The molecule has 5 rings (SSSR count). The van der Waals surface area contributed by atoms with Crippen molar-refractivity contribution < 1.29 is 18.7 Å². The second-order valence-electron chi connectivity index (χ2n) is 8.17. The molecule has 1 aliphatic carbocycles. The fraction of sp³-hybridized carbons (Fsp3) is 0.200. The minimum atomic E-state index is -0.497. The van der Waals surface area contributed by atoms with E-state index < -0.39 is 5.82 Å². The zero-order valence-electron chi connectivity index (χ0n) is 18.7. The van der Waals surface area contributed by atoms with Crippen molar-refractivity contribution in [1.29, 1.82) is 0 Å². The Hall–Kier alpha value is -4.27. The van der Waals surface area contributed by atoms with Gasteiger partial charge in [0.1, 0.15) is 11.5 Å². The Morgan fingerprint density at radius 3 is 2.65 bits per heavy atom. The molecule has 4 aromatic rings. The maximum absolute atomic E-state index is 13.8. The van der Waals surface area contributed by atoms with E-state index in [1.54, 1.807) is 43.8 Å². The van der Waals surface area contributed by atoms with Gasteiger partial charge in [-0.05, 0) is 49.2 Å². The van der Waals surface area contributed by atoms with Gasteiger partial charge < -0.3 is 15.0 Å². The summed E-state index contributed by atoms with van der Waals surface area (Å²) in [5, 5.41) is 2.82. The molecule has 0 atom stereocenters. The minimum Gasteiger partial charge on any atom is -0.494 e. The fourth-order valence-corrected chi connectivity index (χ4v) is 3.68. The predicted octanol–water partition coefficient (Wildman–Crippen LogP) is 4.17. The van der Waals surface area contributed by atoms with Crippen LogP contribution in [0.1, 0.15) is 23.2 Å². The smallest absolute Gasteiger partial charge is 0.259 e. The second-order valence-corrected chi connectivity index (χ2v) is 8.17. The third-order valence-corrected chi connectivity index (χ3v) is 5.84. The number of rotatable bonds is 6. The summed E-state index contributed by atoms with van der Waals surface area (Å²) in [6.07, 6.45) is 6.93. The Kier molecular flexibility index (Phi) is 5.45. The molecule has 0 saturated heterocycles. The van der Waals surface area contributed by atoms with Crippen LogP contribution in [-0.4, -0.2) is 40.3 Å². The molecule has 1 aliphatic rings. The van der Waals surface area contributed by atoms with Crippen LogP contribution in [0.3, 0.4) is 0 Å². The lowest BCUT2D eigenvalue weighted by molar-refractivity contribution is -0.117. The number of amides is 2. The number of nitrogens with one attached hydrogen (secondary N) is 1. The highest BCUT2D eigenvalue weighted by Crippen LogP contribution is 2.30. The van der Waals surface area contributed by atoms with E-state index in [-0.39, 0.29) is 23.5 Å². The van der Waals surface area contributed by atoms with Crippen LogP contribution in [0.5, 0.6) is 5.75 Å². The molecule has 0 bridgehead atoms. The molecule has 0 radical (unpaired) electrons. The summed E-state index contributed by atoms with van der Waals surface area (Å²) in [5.74, 6) is -0.100. The minimum absolute atomic E-state index is 0.00102. The summed E-state index contributed by atoms with van der Waals surface area (Å²) in [4.78, 5) is 35.3. The van der Waals surface area contributed by atoms with Crippen LogP contribution in [0.4, 0.5) is 15.9 Å². The van der Waals surface area contributed by atoms with E-state index in [1.165, 1.54) is 30.2 Å². The third kappa shape index (κ3) is 4.07. The number of carbonyl (C=O) groups is 2. The normalized spacial score (nSPS) is 13.0. The third-order valence-electron chi connectivity index (χ3n) is 5.84. The molecule has 3 heterocycles. The number of aromatic nitrogens is 3. The first-order valence-corrected chi connectivity index (χ1v) is 10.8. The van der Waals surface area contributed by atoms with Crippen LogP contribution in [-0.2, 0) is 4.79 Å². The summed E-state index contributed by atoms with van der Waals surface area (Å²) in [6.45, 7) is 0. The highest BCUT2D eigenvalue weighted by Gasteiger charge is 2.29.